The molecule has 0 radical (unpaired) electrons. The van der Waals surface area contributed by atoms with E-state index in [0.29, 0.717) is 17.8 Å². The maximum atomic E-state index is 13.0. The molecule has 0 saturated carbocycles. The summed E-state index contributed by atoms with van der Waals surface area (Å²) in [4.78, 5) is 26.5. The average Bonchev–Trinajstić information content (AvgIpc) is 3.01. The highest BCUT2D eigenvalue weighted by Crippen LogP contribution is 2.25. The van der Waals surface area contributed by atoms with Crippen molar-refractivity contribution in [3.05, 3.63) is 53.5 Å². The van der Waals surface area contributed by atoms with Gasteiger partial charge in [0.15, 0.2) is 5.65 Å². The quantitative estimate of drug-likeness (QED) is 0.773. The van der Waals surface area contributed by atoms with Crippen molar-refractivity contribution in [1.29, 1.82) is 0 Å². The van der Waals surface area contributed by atoms with Crippen LogP contribution < -0.4 is 4.74 Å². The number of ether oxygens (including phenoxy) is 1. The zero-order valence-electron chi connectivity index (χ0n) is 14.9. The van der Waals surface area contributed by atoms with Gasteiger partial charge in [-0.15, -0.1) is 0 Å². The molecule has 0 aliphatic carbocycles. The number of pyridine rings is 1. The van der Waals surface area contributed by atoms with Crippen molar-refractivity contribution in [3.8, 4) is 5.75 Å². The van der Waals surface area contributed by atoms with Crippen molar-refractivity contribution in [2.75, 3.05) is 13.7 Å². The first-order chi connectivity index (χ1) is 12.0. The number of nitrogens with one attached hydrogen (secondary N) is 1. The zero-order chi connectivity index (χ0) is 18.0. The monoisotopic (exact) mass is 338 g/mol. The molecule has 25 heavy (non-hydrogen) atoms. The fourth-order valence-corrected chi connectivity index (χ4v) is 2.98. The molecule has 1 N–H and O–H groups in total. The molecule has 130 valence electrons. The lowest BCUT2D eigenvalue weighted by Gasteiger charge is -2.28. The number of hydrogen-bond acceptors (Lipinski definition) is 4. The predicted molar refractivity (Wildman–Crippen MR) is 96.7 cm³/mol. The molecule has 3 aromatic rings. The number of benzene rings is 1. The molecule has 0 spiro atoms. The molecule has 2 heterocycles. The minimum absolute atomic E-state index is 0.0560. The van der Waals surface area contributed by atoms with Crippen LogP contribution in [0.5, 0.6) is 5.75 Å². The lowest BCUT2D eigenvalue weighted by molar-refractivity contribution is 0.0702. The number of nitrogens with zero attached hydrogens (tertiary/aromatic N) is 3. The Bertz CT molecular complexity index is 903. The number of aryl methyl sites for hydroxylation is 1. The molecule has 3 rings (SSSR count). The molecule has 0 fully saturated rings. The molecule has 0 unspecified atom stereocenters. The van der Waals surface area contributed by atoms with Gasteiger partial charge in [0.25, 0.3) is 5.91 Å². The first-order valence-electron chi connectivity index (χ1n) is 8.30. The van der Waals surface area contributed by atoms with Crippen LogP contribution in [0.25, 0.3) is 11.2 Å². The molecule has 2 aromatic heterocycles. The molecular weight excluding hydrogens is 316 g/mol. The highest BCUT2D eigenvalue weighted by atomic mass is 16.5. The van der Waals surface area contributed by atoms with E-state index in [0.717, 1.165) is 22.7 Å². The number of imidazole rings is 1. The lowest BCUT2D eigenvalue weighted by atomic mass is 10.1. The Hall–Kier alpha value is -2.89. The lowest BCUT2D eigenvalue weighted by Crippen LogP contribution is -2.33. The van der Waals surface area contributed by atoms with Crippen LogP contribution in [0.4, 0.5) is 0 Å². The van der Waals surface area contributed by atoms with Crippen molar-refractivity contribution in [2.24, 2.45) is 0 Å². The zero-order valence-corrected chi connectivity index (χ0v) is 14.9. The molecule has 1 atom stereocenters. The Balaban J connectivity index is 1.90. The Labute approximate surface area is 146 Å². The number of H-pyrrole nitrogens is 1. The average molecular weight is 338 g/mol. The van der Waals surface area contributed by atoms with Crippen molar-refractivity contribution >= 4 is 17.1 Å². The van der Waals surface area contributed by atoms with Crippen LogP contribution in [0.1, 0.15) is 41.6 Å². The number of rotatable bonds is 5. The van der Waals surface area contributed by atoms with E-state index in [1.54, 1.807) is 13.3 Å². The van der Waals surface area contributed by atoms with Gasteiger partial charge in [-0.1, -0.05) is 12.1 Å². The van der Waals surface area contributed by atoms with E-state index in [9.17, 15) is 4.79 Å². The minimum Gasteiger partial charge on any atom is -0.497 e. The van der Waals surface area contributed by atoms with E-state index >= 15 is 0 Å². The van der Waals surface area contributed by atoms with Gasteiger partial charge in [0.1, 0.15) is 11.6 Å². The highest BCUT2D eigenvalue weighted by molar-refractivity contribution is 5.96. The van der Waals surface area contributed by atoms with Crippen molar-refractivity contribution in [1.82, 2.24) is 19.9 Å². The molecule has 0 bridgehead atoms. The van der Waals surface area contributed by atoms with Crippen LogP contribution in [-0.2, 0) is 0 Å². The van der Waals surface area contributed by atoms with E-state index in [-0.39, 0.29) is 11.9 Å². The van der Waals surface area contributed by atoms with E-state index in [2.05, 4.69) is 15.0 Å². The largest absolute Gasteiger partial charge is 0.497 e. The van der Waals surface area contributed by atoms with E-state index in [4.69, 9.17) is 4.74 Å². The summed E-state index contributed by atoms with van der Waals surface area (Å²) in [5.41, 5.74) is 2.97. The number of aromatic amines is 1. The second-order valence-corrected chi connectivity index (χ2v) is 5.96. The van der Waals surface area contributed by atoms with Crippen LogP contribution in [0.15, 0.2) is 36.5 Å². The van der Waals surface area contributed by atoms with Gasteiger partial charge in [0.2, 0.25) is 0 Å². The van der Waals surface area contributed by atoms with E-state index < -0.39 is 0 Å². The summed E-state index contributed by atoms with van der Waals surface area (Å²) in [5, 5.41) is 0. The Morgan fingerprint density at radius 2 is 2.16 bits per heavy atom. The van der Waals surface area contributed by atoms with Gasteiger partial charge in [-0.2, -0.15) is 0 Å². The van der Waals surface area contributed by atoms with E-state index in [1.807, 2.05) is 56.0 Å². The van der Waals surface area contributed by atoms with Crippen LogP contribution in [0.3, 0.4) is 0 Å². The third-order valence-electron chi connectivity index (χ3n) is 4.35. The summed E-state index contributed by atoms with van der Waals surface area (Å²) in [6.07, 6.45) is 1.59. The number of methoxy groups -OCH3 is 1. The number of carbonyl (C=O) groups excluding carboxylic acids is 1. The SMILES string of the molecule is CCN(C(=O)c1cnc2nc(C)[nH]c2c1)[C@H](C)c1cccc(OC)c1. The van der Waals surface area contributed by atoms with Gasteiger partial charge in [0.05, 0.1) is 24.2 Å². The van der Waals surface area contributed by atoms with Gasteiger partial charge in [-0.3, -0.25) is 4.79 Å². The van der Waals surface area contributed by atoms with Crippen molar-refractivity contribution in [2.45, 2.75) is 26.8 Å². The maximum Gasteiger partial charge on any atom is 0.255 e. The minimum atomic E-state index is -0.0770. The van der Waals surface area contributed by atoms with Crippen LogP contribution in [-0.4, -0.2) is 39.4 Å². The second kappa shape index (κ2) is 6.93. The number of aromatic nitrogens is 3. The van der Waals surface area contributed by atoms with Crippen molar-refractivity contribution < 1.29 is 9.53 Å². The van der Waals surface area contributed by atoms with Crippen molar-refractivity contribution in [3.63, 3.8) is 0 Å². The summed E-state index contributed by atoms with van der Waals surface area (Å²) in [5.74, 6) is 1.51. The molecule has 0 aliphatic heterocycles. The Morgan fingerprint density at radius 1 is 1.36 bits per heavy atom. The molecule has 6 heteroatoms. The molecule has 1 amide bonds. The Morgan fingerprint density at radius 3 is 2.88 bits per heavy atom. The fourth-order valence-electron chi connectivity index (χ4n) is 2.98. The van der Waals surface area contributed by atoms with E-state index in [1.165, 1.54) is 0 Å². The first kappa shape index (κ1) is 17.0. The van der Waals surface area contributed by atoms with Gasteiger partial charge in [-0.25, -0.2) is 9.97 Å². The van der Waals surface area contributed by atoms with Gasteiger partial charge in [-0.05, 0) is 44.5 Å². The normalized spacial score (nSPS) is 12.2. The third-order valence-corrected chi connectivity index (χ3v) is 4.35. The summed E-state index contributed by atoms with van der Waals surface area (Å²) < 4.78 is 5.29. The maximum absolute atomic E-state index is 13.0. The van der Waals surface area contributed by atoms with Crippen LogP contribution in [0, 0.1) is 6.92 Å². The standard InChI is InChI=1S/C19H22N4O2/c1-5-23(12(2)14-7-6-8-16(9-14)25-4)19(24)15-10-17-18(20-11-15)22-13(3)21-17/h6-12H,5H2,1-4H3,(H,20,21,22)/t12-/m1/s1. The Kier molecular flexibility index (Phi) is 4.70. The fraction of sp³-hybridized carbons (Fsp3) is 0.316. The van der Waals surface area contributed by atoms with Crippen LogP contribution >= 0.6 is 0 Å². The number of hydrogen-bond donors (Lipinski definition) is 1. The topological polar surface area (TPSA) is 71.1 Å². The number of fused-ring (bicyclic) bond motifs is 1. The molecule has 6 nitrogen and oxygen atoms in total. The summed E-state index contributed by atoms with van der Waals surface area (Å²) in [6.45, 7) is 6.45. The first-order valence-corrected chi connectivity index (χ1v) is 8.30. The molecule has 0 aliphatic rings. The summed E-state index contributed by atoms with van der Waals surface area (Å²) in [6, 6.07) is 9.53. The predicted octanol–water partition coefficient (Wildman–Crippen LogP) is 3.50. The highest BCUT2D eigenvalue weighted by Gasteiger charge is 2.22. The molecular formula is C19H22N4O2. The third kappa shape index (κ3) is 3.33. The number of amides is 1. The van der Waals surface area contributed by atoms with Gasteiger partial charge < -0.3 is 14.6 Å². The molecule has 0 saturated heterocycles. The summed E-state index contributed by atoms with van der Waals surface area (Å²) >= 11 is 0. The van der Waals surface area contributed by atoms with Crippen LogP contribution in [0.2, 0.25) is 0 Å². The molecule has 1 aromatic carbocycles. The van der Waals surface area contributed by atoms with Gasteiger partial charge in [0, 0.05) is 12.7 Å². The van der Waals surface area contributed by atoms with Gasteiger partial charge >= 0.3 is 0 Å². The summed E-state index contributed by atoms with van der Waals surface area (Å²) in [7, 11) is 1.64. The smallest absolute Gasteiger partial charge is 0.255 e. The number of carbonyl (C=O) groups is 1. The second-order valence-electron chi connectivity index (χ2n) is 5.96.